The second-order valence-electron chi connectivity index (χ2n) is 8.64. The van der Waals surface area contributed by atoms with E-state index in [1.165, 1.54) is 16.4 Å². The van der Waals surface area contributed by atoms with Gasteiger partial charge in [-0.3, -0.25) is 4.79 Å². The molecule has 1 amide bonds. The molecule has 1 N–H and O–H groups in total. The molecule has 1 aliphatic heterocycles. The van der Waals surface area contributed by atoms with Gasteiger partial charge in [0.15, 0.2) is 0 Å². The SMILES string of the molecule is Cc1ccccc1C(NC(=O)c1ccc(Cl)c(S(=O)(=O)N2CCCCCC2)c1)c1ccccc1. The van der Waals surface area contributed by atoms with Crippen LogP contribution in [-0.4, -0.2) is 31.7 Å². The first-order valence-electron chi connectivity index (χ1n) is 11.6. The van der Waals surface area contributed by atoms with Crippen molar-refractivity contribution in [2.45, 2.75) is 43.5 Å². The molecule has 0 bridgehead atoms. The van der Waals surface area contributed by atoms with Crippen LogP contribution in [0.3, 0.4) is 0 Å². The Kier molecular flexibility index (Phi) is 7.71. The van der Waals surface area contributed by atoms with E-state index in [4.69, 9.17) is 11.6 Å². The lowest BCUT2D eigenvalue weighted by atomic mass is 9.94. The number of halogens is 1. The number of benzene rings is 3. The minimum absolute atomic E-state index is 0.0177. The summed E-state index contributed by atoms with van der Waals surface area (Å²) < 4.78 is 28.2. The molecule has 1 heterocycles. The van der Waals surface area contributed by atoms with Crippen LogP contribution in [0.2, 0.25) is 5.02 Å². The van der Waals surface area contributed by atoms with Crippen LogP contribution in [0.1, 0.15) is 58.8 Å². The molecule has 178 valence electrons. The molecular formula is C27H29ClN2O3S. The maximum atomic E-state index is 13.4. The molecule has 1 unspecified atom stereocenters. The largest absolute Gasteiger partial charge is 0.341 e. The normalized spacial score (nSPS) is 15.9. The first kappa shape index (κ1) is 24.5. The Hall–Kier alpha value is -2.67. The summed E-state index contributed by atoms with van der Waals surface area (Å²) in [5.74, 6) is -0.360. The van der Waals surface area contributed by atoms with Crippen molar-refractivity contribution in [3.8, 4) is 0 Å². The Morgan fingerprint density at radius 1 is 0.912 bits per heavy atom. The summed E-state index contributed by atoms with van der Waals surface area (Å²) in [6.07, 6.45) is 3.68. The topological polar surface area (TPSA) is 66.5 Å². The van der Waals surface area contributed by atoms with Crippen LogP contribution in [-0.2, 0) is 10.0 Å². The van der Waals surface area contributed by atoms with Crippen LogP contribution in [0, 0.1) is 6.92 Å². The molecule has 1 atom stereocenters. The number of carbonyl (C=O) groups is 1. The molecule has 4 rings (SSSR count). The van der Waals surface area contributed by atoms with Gasteiger partial charge in [-0.05, 0) is 54.7 Å². The molecule has 0 aliphatic carbocycles. The molecule has 3 aromatic carbocycles. The zero-order chi connectivity index (χ0) is 24.1. The van der Waals surface area contributed by atoms with Gasteiger partial charge in [0.1, 0.15) is 4.90 Å². The molecule has 1 aliphatic rings. The average molecular weight is 497 g/mol. The molecule has 1 saturated heterocycles. The highest BCUT2D eigenvalue weighted by Gasteiger charge is 2.29. The van der Waals surface area contributed by atoms with Crippen LogP contribution in [0.15, 0.2) is 77.7 Å². The summed E-state index contributed by atoms with van der Waals surface area (Å²) in [6, 6.07) is 21.7. The quantitative estimate of drug-likeness (QED) is 0.473. The van der Waals surface area contributed by atoms with Crippen molar-refractivity contribution in [1.82, 2.24) is 9.62 Å². The highest BCUT2D eigenvalue weighted by molar-refractivity contribution is 7.89. The fraction of sp³-hybridized carbons (Fsp3) is 0.296. The smallest absolute Gasteiger partial charge is 0.252 e. The Labute approximate surface area is 206 Å². The Morgan fingerprint density at radius 2 is 1.56 bits per heavy atom. The molecule has 34 heavy (non-hydrogen) atoms. The van der Waals surface area contributed by atoms with Crippen molar-refractivity contribution < 1.29 is 13.2 Å². The van der Waals surface area contributed by atoms with Crippen molar-refractivity contribution in [1.29, 1.82) is 0 Å². The summed E-state index contributed by atoms with van der Waals surface area (Å²) >= 11 is 6.33. The van der Waals surface area contributed by atoms with Crippen LogP contribution in [0.5, 0.6) is 0 Å². The van der Waals surface area contributed by atoms with Crippen molar-refractivity contribution >= 4 is 27.5 Å². The second kappa shape index (κ2) is 10.7. The maximum Gasteiger partial charge on any atom is 0.252 e. The van der Waals surface area contributed by atoms with Crippen LogP contribution in [0.4, 0.5) is 0 Å². The van der Waals surface area contributed by atoms with E-state index in [1.807, 2.05) is 61.5 Å². The highest BCUT2D eigenvalue weighted by atomic mass is 35.5. The lowest BCUT2D eigenvalue weighted by Gasteiger charge is -2.23. The minimum atomic E-state index is -3.79. The van der Waals surface area contributed by atoms with Crippen LogP contribution >= 0.6 is 11.6 Å². The number of rotatable bonds is 6. The predicted molar refractivity (Wildman–Crippen MR) is 136 cm³/mol. The number of nitrogens with one attached hydrogen (secondary N) is 1. The number of hydrogen-bond acceptors (Lipinski definition) is 3. The van der Waals surface area contributed by atoms with E-state index in [0.29, 0.717) is 13.1 Å². The van der Waals surface area contributed by atoms with Gasteiger partial charge in [0.05, 0.1) is 11.1 Å². The number of sulfonamides is 1. The first-order chi connectivity index (χ1) is 16.4. The summed E-state index contributed by atoms with van der Waals surface area (Å²) in [6.45, 7) is 2.95. The summed E-state index contributed by atoms with van der Waals surface area (Å²) in [5, 5.41) is 3.23. The molecule has 0 radical (unpaired) electrons. The van der Waals surface area contributed by atoms with Gasteiger partial charge in [-0.2, -0.15) is 4.31 Å². The number of carbonyl (C=O) groups excluding carboxylic acids is 1. The monoisotopic (exact) mass is 496 g/mol. The van der Waals surface area contributed by atoms with Crippen molar-refractivity contribution in [2.75, 3.05) is 13.1 Å². The van der Waals surface area contributed by atoms with Gasteiger partial charge in [-0.1, -0.05) is 79.0 Å². The highest BCUT2D eigenvalue weighted by Crippen LogP contribution is 2.29. The van der Waals surface area contributed by atoms with E-state index >= 15 is 0 Å². The second-order valence-corrected chi connectivity index (χ2v) is 11.0. The lowest BCUT2D eigenvalue weighted by molar-refractivity contribution is 0.0942. The molecule has 0 spiro atoms. The van der Waals surface area contributed by atoms with Gasteiger partial charge >= 0.3 is 0 Å². The molecule has 1 fully saturated rings. The molecule has 0 aromatic heterocycles. The van der Waals surface area contributed by atoms with E-state index in [1.54, 1.807) is 6.07 Å². The summed E-state index contributed by atoms with van der Waals surface area (Å²) in [4.78, 5) is 13.4. The van der Waals surface area contributed by atoms with Gasteiger partial charge in [-0.25, -0.2) is 8.42 Å². The molecule has 0 saturated carbocycles. The maximum absolute atomic E-state index is 13.4. The Morgan fingerprint density at radius 3 is 2.24 bits per heavy atom. The number of nitrogens with zero attached hydrogens (tertiary/aromatic N) is 1. The predicted octanol–water partition coefficient (Wildman–Crippen LogP) is 5.73. The standard InChI is InChI=1S/C27H29ClN2O3S/c1-20-11-7-8-14-23(20)26(21-12-5-4-6-13-21)29-27(31)22-15-16-24(28)25(19-22)34(32,33)30-17-9-2-3-10-18-30/h4-8,11-16,19,26H,2-3,9-10,17-18H2,1H3,(H,29,31). The van der Waals surface area contributed by atoms with Gasteiger partial charge in [0, 0.05) is 18.7 Å². The third kappa shape index (κ3) is 5.35. The van der Waals surface area contributed by atoms with Crippen LogP contribution < -0.4 is 5.32 Å². The average Bonchev–Trinajstić information content (AvgIpc) is 3.14. The van der Waals surface area contributed by atoms with Gasteiger partial charge in [0.25, 0.3) is 5.91 Å². The zero-order valence-corrected chi connectivity index (χ0v) is 20.8. The fourth-order valence-electron chi connectivity index (χ4n) is 4.37. The number of hydrogen-bond donors (Lipinski definition) is 1. The van der Waals surface area contributed by atoms with E-state index in [-0.39, 0.29) is 27.4 Å². The fourth-order valence-corrected chi connectivity index (χ4v) is 6.39. The summed E-state index contributed by atoms with van der Waals surface area (Å²) in [5.41, 5.74) is 3.23. The van der Waals surface area contributed by atoms with E-state index in [2.05, 4.69) is 5.32 Å². The van der Waals surface area contributed by atoms with Gasteiger partial charge in [0.2, 0.25) is 10.0 Å². The molecular weight excluding hydrogens is 468 g/mol. The number of aryl methyl sites for hydroxylation is 1. The Balaban J connectivity index is 1.66. The van der Waals surface area contributed by atoms with E-state index in [9.17, 15) is 13.2 Å². The van der Waals surface area contributed by atoms with Crippen molar-refractivity contribution in [3.05, 3.63) is 100 Å². The number of amides is 1. The summed E-state index contributed by atoms with van der Waals surface area (Å²) in [7, 11) is -3.79. The lowest BCUT2D eigenvalue weighted by Crippen LogP contribution is -2.33. The minimum Gasteiger partial charge on any atom is -0.341 e. The van der Waals surface area contributed by atoms with Crippen molar-refractivity contribution in [3.63, 3.8) is 0 Å². The van der Waals surface area contributed by atoms with E-state index < -0.39 is 10.0 Å². The van der Waals surface area contributed by atoms with Gasteiger partial charge in [-0.15, -0.1) is 0 Å². The van der Waals surface area contributed by atoms with E-state index in [0.717, 1.165) is 42.4 Å². The van der Waals surface area contributed by atoms with Crippen molar-refractivity contribution in [2.24, 2.45) is 0 Å². The Bertz CT molecular complexity index is 1250. The molecule has 7 heteroatoms. The van der Waals surface area contributed by atoms with Crippen LogP contribution in [0.25, 0.3) is 0 Å². The third-order valence-electron chi connectivity index (χ3n) is 6.28. The zero-order valence-electron chi connectivity index (χ0n) is 19.2. The third-order valence-corrected chi connectivity index (χ3v) is 8.66. The molecule has 5 nitrogen and oxygen atoms in total. The first-order valence-corrected chi connectivity index (χ1v) is 13.4. The molecule has 3 aromatic rings. The van der Waals surface area contributed by atoms with Gasteiger partial charge < -0.3 is 5.32 Å².